The van der Waals surface area contributed by atoms with Gasteiger partial charge < -0.3 is 10.2 Å². The molecule has 0 bridgehead atoms. The van der Waals surface area contributed by atoms with E-state index < -0.39 is 0 Å². The summed E-state index contributed by atoms with van der Waals surface area (Å²) in [7, 11) is 0. The standard InChI is InChI=1S/C11H15N5O/c1-3-16(4-2)10(17)8-14-11-13-6-5-9(7-12)15-11/h5-6H,3-4,8H2,1-2H3,(H,13,14,15). The molecule has 0 aromatic carbocycles. The molecule has 0 aliphatic rings. The molecule has 6 heteroatoms. The summed E-state index contributed by atoms with van der Waals surface area (Å²) >= 11 is 0. The van der Waals surface area contributed by atoms with Crippen molar-refractivity contribution in [3.05, 3.63) is 18.0 Å². The lowest BCUT2D eigenvalue weighted by atomic mass is 10.4. The van der Waals surface area contributed by atoms with Crippen LogP contribution in [0.1, 0.15) is 19.5 Å². The van der Waals surface area contributed by atoms with Crippen LogP contribution < -0.4 is 5.32 Å². The Morgan fingerprint density at radius 1 is 1.53 bits per heavy atom. The van der Waals surface area contributed by atoms with Gasteiger partial charge in [0.1, 0.15) is 11.8 Å². The van der Waals surface area contributed by atoms with Gasteiger partial charge in [-0.15, -0.1) is 0 Å². The maximum absolute atomic E-state index is 11.7. The van der Waals surface area contributed by atoms with Gasteiger partial charge in [0.25, 0.3) is 0 Å². The largest absolute Gasteiger partial charge is 0.345 e. The zero-order chi connectivity index (χ0) is 12.7. The second-order valence-electron chi connectivity index (χ2n) is 3.30. The summed E-state index contributed by atoms with van der Waals surface area (Å²) < 4.78 is 0. The Morgan fingerprint density at radius 3 is 2.82 bits per heavy atom. The first-order chi connectivity index (χ1) is 8.21. The zero-order valence-electron chi connectivity index (χ0n) is 9.97. The van der Waals surface area contributed by atoms with E-state index in [-0.39, 0.29) is 18.1 Å². The average molecular weight is 233 g/mol. The van der Waals surface area contributed by atoms with E-state index >= 15 is 0 Å². The lowest BCUT2D eigenvalue weighted by Crippen LogP contribution is -2.35. The van der Waals surface area contributed by atoms with Crippen LogP contribution in [0, 0.1) is 11.3 Å². The normalized spacial score (nSPS) is 9.47. The summed E-state index contributed by atoms with van der Waals surface area (Å²) in [4.78, 5) is 21.2. The minimum absolute atomic E-state index is 0.0130. The van der Waals surface area contributed by atoms with Crippen molar-refractivity contribution in [3.8, 4) is 6.07 Å². The molecule has 0 radical (unpaired) electrons. The maximum atomic E-state index is 11.7. The number of nitrogens with zero attached hydrogens (tertiary/aromatic N) is 4. The van der Waals surface area contributed by atoms with Gasteiger partial charge in [0, 0.05) is 19.3 Å². The summed E-state index contributed by atoms with van der Waals surface area (Å²) in [5.74, 6) is 0.283. The number of anilines is 1. The van der Waals surface area contributed by atoms with Gasteiger partial charge in [0.05, 0.1) is 6.54 Å². The first-order valence-electron chi connectivity index (χ1n) is 5.46. The number of hydrogen-bond acceptors (Lipinski definition) is 5. The van der Waals surface area contributed by atoms with Gasteiger partial charge in [0.2, 0.25) is 11.9 Å². The lowest BCUT2D eigenvalue weighted by Gasteiger charge is -2.18. The zero-order valence-corrected chi connectivity index (χ0v) is 9.97. The number of nitriles is 1. The Labute approximate surface area is 100 Å². The fourth-order valence-corrected chi connectivity index (χ4v) is 1.35. The van der Waals surface area contributed by atoms with E-state index in [2.05, 4.69) is 15.3 Å². The second-order valence-corrected chi connectivity index (χ2v) is 3.30. The summed E-state index contributed by atoms with van der Waals surface area (Å²) in [6.07, 6.45) is 1.48. The van der Waals surface area contributed by atoms with Crippen LogP contribution in [0.4, 0.5) is 5.95 Å². The monoisotopic (exact) mass is 233 g/mol. The van der Waals surface area contributed by atoms with E-state index in [4.69, 9.17) is 5.26 Å². The fraction of sp³-hybridized carbons (Fsp3) is 0.455. The molecule has 0 saturated heterocycles. The molecule has 0 aliphatic carbocycles. The highest BCUT2D eigenvalue weighted by molar-refractivity contribution is 5.80. The molecule has 90 valence electrons. The van der Waals surface area contributed by atoms with Crippen LogP contribution in [-0.4, -0.2) is 40.4 Å². The van der Waals surface area contributed by atoms with Crippen molar-refractivity contribution in [3.63, 3.8) is 0 Å². The van der Waals surface area contributed by atoms with Crippen LogP contribution in [0.25, 0.3) is 0 Å². The summed E-state index contributed by atoms with van der Waals surface area (Å²) in [5, 5.41) is 11.5. The number of aromatic nitrogens is 2. The van der Waals surface area contributed by atoms with Crippen LogP contribution in [0.15, 0.2) is 12.3 Å². The molecule has 1 rings (SSSR count). The Hall–Kier alpha value is -2.16. The van der Waals surface area contributed by atoms with Gasteiger partial charge in [-0.05, 0) is 19.9 Å². The number of rotatable bonds is 5. The van der Waals surface area contributed by atoms with Crippen molar-refractivity contribution in [2.75, 3.05) is 25.0 Å². The number of hydrogen-bond donors (Lipinski definition) is 1. The van der Waals surface area contributed by atoms with Crippen LogP contribution >= 0.6 is 0 Å². The van der Waals surface area contributed by atoms with Gasteiger partial charge in [-0.1, -0.05) is 0 Å². The third-order valence-electron chi connectivity index (χ3n) is 2.28. The van der Waals surface area contributed by atoms with E-state index in [9.17, 15) is 4.79 Å². The van der Waals surface area contributed by atoms with E-state index in [1.54, 1.807) is 4.90 Å². The van der Waals surface area contributed by atoms with E-state index in [1.165, 1.54) is 12.3 Å². The molecule has 1 amide bonds. The summed E-state index contributed by atoms with van der Waals surface area (Å²) in [6.45, 7) is 5.34. The predicted molar refractivity (Wildman–Crippen MR) is 63.2 cm³/mol. The summed E-state index contributed by atoms with van der Waals surface area (Å²) in [6, 6.07) is 3.42. The molecular weight excluding hydrogens is 218 g/mol. The van der Waals surface area contributed by atoms with Crippen molar-refractivity contribution in [1.29, 1.82) is 5.26 Å². The Morgan fingerprint density at radius 2 is 2.24 bits per heavy atom. The number of carbonyl (C=O) groups is 1. The molecule has 0 atom stereocenters. The van der Waals surface area contributed by atoms with E-state index in [0.29, 0.717) is 19.0 Å². The fourth-order valence-electron chi connectivity index (χ4n) is 1.35. The number of likely N-dealkylation sites (N-methyl/N-ethyl adjacent to an activating group) is 1. The molecule has 6 nitrogen and oxygen atoms in total. The number of nitrogens with one attached hydrogen (secondary N) is 1. The lowest BCUT2D eigenvalue weighted by molar-refractivity contribution is -0.128. The Balaban J connectivity index is 2.55. The molecule has 0 saturated carbocycles. The van der Waals surface area contributed by atoms with Gasteiger partial charge in [0.15, 0.2) is 0 Å². The molecule has 1 N–H and O–H groups in total. The van der Waals surface area contributed by atoms with Gasteiger partial charge in [-0.25, -0.2) is 9.97 Å². The van der Waals surface area contributed by atoms with Crippen LogP contribution in [0.3, 0.4) is 0 Å². The number of carbonyl (C=O) groups excluding carboxylic acids is 1. The third-order valence-corrected chi connectivity index (χ3v) is 2.28. The molecule has 17 heavy (non-hydrogen) atoms. The average Bonchev–Trinajstić information content (AvgIpc) is 2.38. The van der Waals surface area contributed by atoms with Crippen LogP contribution in [-0.2, 0) is 4.79 Å². The highest BCUT2D eigenvalue weighted by Gasteiger charge is 2.09. The SMILES string of the molecule is CCN(CC)C(=O)CNc1nccc(C#N)n1. The van der Waals surface area contributed by atoms with E-state index in [0.717, 1.165) is 0 Å². The van der Waals surface area contributed by atoms with Crippen LogP contribution in [0.2, 0.25) is 0 Å². The van der Waals surface area contributed by atoms with Crippen LogP contribution in [0.5, 0.6) is 0 Å². The first-order valence-corrected chi connectivity index (χ1v) is 5.46. The van der Waals surface area contributed by atoms with Crippen molar-refractivity contribution in [1.82, 2.24) is 14.9 Å². The number of amides is 1. The van der Waals surface area contributed by atoms with Crippen molar-refractivity contribution < 1.29 is 4.79 Å². The molecular formula is C11H15N5O. The van der Waals surface area contributed by atoms with E-state index in [1.807, 2.05) is 19.9 Å². The molecule has 1 heterocycles. The summed E-state index contributed by atoms with van der Waals surface area (Å²) in [5.41, 5.74) is 0.276. The molecule has 0 spiro atoms. The second kappa shape index (κ2) is 6.43. The van der Waals surface area contributed by atoms with Crippen molar-refractivity contribution in [2.24, 2.45) is 0 Å². The van der Waals surface area contributed by atoms with Gasteiger partial charge in [-0.2, -0.15) is 5.26 Å². The van der Waals surface area contributed by atoms with Crippen molar-refractivity contribution >= 4 is 11.9 Å². The first kappa shape index (κ1) is 12.9. The minimum Gasteiger partial charge on any atom is -0.345 e. The Bertz CT molecular complexity index is 422. The molecule has 0 aliphatic heterocycles. The third kappa shape index (κ3) is 3.72. The maximum Gasteiger partial charge on any atom is 0.241 e. The van der Waals surface area contributed by atoms with Gasteiger partial charge in [-0.3, -0.25) is 4.79 Å². The smallest absolute Gasteiger partial charge is 0.241 e. The highest BCUT2D eigenvalue weighted by Crippen LogP contribution is 1.99. The molecule has 1 aromatic heterocycles. The quantitative estimate of drug-likeness (QED) is 0.806. The minimum atomic E-state index is -0.0130. The van der Waals surface area contributed by atoms with Gasteiger partial charge >= 0.3 is 0 Å². The predicted octanol–water partition coefficient (Wildman–Crippen LogP) is 0.629. The Kier molecular flexibility index (Phi) is 4.88. The molecule has 0 unspecified atom stereocenters. The highest BCUT2D eigenvalue weighted by atomic mass is 16.2. The molecule has 0 fully saturated rings. The molecule has 1 aromatic rings. The van der Waals surface area contributed by atoms with Crippen molar-refractivity contribution in [2.45, 2.75) is 13.8 Å². The topological polar surface area (TPSA) is 81.9 Å².